The second-order valence-electron chi connectivity index (χ2n) is 7.99. The molecule has 0 saturated carbocycles. The van der Waals surface area contributed by atoms with Gasteiger partial charge in [-0.1, -0.05) is 48.0 Å². The third-order valence-corrected chi connectivity index (χ3v) is 5.13. The minimum absolute atomic E-state index is 0.142. The van der Waals surface area contributed by atoms with E-state index in [0.29, 0.717) is 29.2 Å². The Bertz CT molecular complexity index is 1090. The summed E-state index contributed by atoms with van der Waals surface area (Å²) >= 11 is 0. The summed E-state index contributed by atoms with van der Waals surface area (Å²) in [5, 5.41) is 2.88. The highest BCUT2D eigenvalue weighted by atomic mass is 16.5. The van der Waals surface area contributed by atoms with Gasteiger partial charge in [-0.3, -0.25) is 9.59 Å². The molecule has 0 saturated heterocycles. The molecule has 0 atom stereocenters. The van der Waals surface area contributed by atoms with Gasteiger partial charge in [-0.25, -0.2) is 0 Å². The van der Waals surface area contributed by atoms with E-state index in [9.17, 15) is 9.59 Å². The van der Waals surface area contributed by atoms with Crippen LogP contribution in [0, 0.1) is 6.92 Å². The number of benzene rings is 3. The number of fused-ring (bicyclic) bond motifs is 1. The molecule has 0 aromatic heterocycles. The average Bonchev–Trinajstić information content (AvgIpc) is 2.73. The molecule has 0 aliphatic carbocycles. The van der Waals surface area contributed by atoms with Crippen LogP contribution in [0.4, 0.5) is 11.4 Å². The molecular formula is C25H24N2O3. The molecule has 0 radical (unpaired) electrons. The van der Waals surface area contributed by atoms with E-state index in [0.717, 1.165) is 11.1 Å². The van der Waals surface area contributed by atoms with Crippen molar-refractivity contribution in [3.8, 4) is 5.75 Å². The second-order valence-corrected chi connectivity index (χ2v) is 7.99. The normalized spacial score (nSPS) is 14.6. The number of rotatable bonds is 4. The Hall–Kier alpha value is -3.60. The van der Waals surface area contributed by atoms with Crippen LogP contribution in [-0.2, 0) is 11.3 Å². The van der Waals surface area contributed by atoms with Crippen LogP contribution in [0.25, 0.3) is 0 Å². The van der Waals surface area contributed by atoms with Gasteiger partial charge in [0, 0.05) is 11.3 Å². The largest absolute Gasteiger partial charge is 0.476 e. The van der Waals surface area contributed by atoms with Gasteiger partial charge in [0.05, 0.1) is 12.2 Å². The van der Waals surface area contributed by atoms with Gasteiger partial charge in [-0.05, 0) is 56.7 Å². The Morgan fingerprint density at radius 2 is 1.70 bits per heavy atom. The molecule has 2 amide bonds. The lowest BCUT2D eigenvalue weighted by atomic mass is 10.0. The van der Waals surface area contributed by atoms with E-state index in [1.165, 1.54) is 0 Å². The van der Waals surface area contributed by atoms with E-state index >= 15 is 0 Å². The summed E-state index contributed by atoms with van der Waals surface area (Å²) in [7, 11) is 0. The van der Waals surface area contributed by atoms with Crippen molar-refractivity contribution in [2.75, 3.05) is 10.2 Å². The highest BCUT2D eigenvalue weighted by molar-refractivity contribution is 6.07. The summed E-state index contributed by atoms with van der Waals surface area (Å²) in [6.45, 7) is 5.95. The summed E-state index contributed by atoms with van der Waals surface area (Å²) < 4.78 is 5.95. The number of carbonyl (C=O) groups is 2. The minimum Gasteiger partial charge on any atom is -0.476 e. The van der Waals surface area contributed by atoms with Gasteiger partial charge in [0.15, 0.2) is 5.60 Å². The van der Waals surface area contributed by atoms with E-state index in [1.54, 1.807) is 36.9 Å². The van der Waals surface area contributed by atoms with Gasteiger partial charge in [0.2, 0.25) is 0 Å². The summed E-state index contributed by atoms with van der Waals surface area (Å²) in [6, 6.07) is 22.5. The quantitative estimate of drug-likeness (QED) is 0.674. The van der Waals surface area contributed by atoms with Gasteiger partial charge >= 0.3 is 0 Å². The van der Waals surface area contributed by atoms with Crippen molar-refractivity contribution < 1.29 is 14.3 Å². The number of hydrogen-bond donors (Lipinski definition) is 1. The van der Waals surface area contributed by atoms with Gasteiger partial charge in [-0.15, -0.1) is 0 Å². The number of aryl methyl sites for hydroxylation is 1. The Kier molecular flexibility index (Phi) is 5.04. The molecule has 152 valence electrons. The summed E-state index contributed by atoms with van der Waals surface area (Å²) in [4.78, 5) is 27.6. The van der Waals surface area contributed by atoms with E-state index < -0.39 is 5.60 Å². The van der Waals surface area contributed by atoms with Crippen LogP contribution in [0.1, 0.15) is 35.3 Å². The zero-order chi connectivity index (χ0) is 21.3. The molecule has 5 heteroatoms. The number of amides is 2. The van der Waals surface area contributed by atoms with E-state index in [4.69, 9.17) is 4.74 Å². The fraction of sp³-hybridized carbons (Fsp3) is 0.200. The zero-order valence-corrected chi connectivity index (χ0v) is 17.3. The van der Waals surface area contributed by atoms with Crippen molar-refractivity contribution in [2.45, 2.75) is 32.9 Å². The van der Waals surface area contributed by atoms with Crippen molar-refractivity contribution in [2.24, 2.45) is 0 Å². The molecule has 0 fully saturated rings. The molecule has 3 aromatic carbocycles. The molecule has 5 nitrogen and oxygen atoms in total. The number of ether oxygens (including phenoxy) is 1. The Morgan fingerprint density at radius 1 is 1.00 bits per heavy atom. The Balaban J connectivity index is 1.68. The number of hydrogen-bond acceptors (Lipinski definition) is 3. The lowest BCUT2D eigenvalue weighted by molar-refractivity contribution is -0.132. The lowest BCUT2D eigenvalue weighted by Crippen LogP contribution is -2.52. The van der Waals surface area contributed by atoms with Crippen molar-refractivity contribution >= 4 is 23.2 Å². The minimum atomic E-state index is -0.981. The first-order valence-electron chi connectivity index (χ1n) is 9.90. The summed E-state index contributed by atoms with van der Waals surface area (Å²) in [5.41, 5.74) is 2.96. The standard InChI is InChI=1S/C25H24N2O3/c1-17-9-11-18(12-10-17)16-27-21-15-19(23(28)26-20-7-5-4-6-8-20)13-14-22(21)30-25(2,3)24(27)29/h4-15H,16H2,1-3H3,(H,26,28). The highest BCUT2D eigenvalue weighted by Gasteiger charge is 2.41. The Morgan fingerprint density at radius 3 is 2.40 bits per heavy atom. The molecule has 1 N–H and O–H groups in total. The predicted molar refractivity (Wildman–Crippen MR) is 118 cm³/mol. The van der Waals surface area contributed by atoms with Gasteiger partial charge < -0.3 is 15.0 Å². The fourth-order valence-corrected chi connectivity index (χ4v) is 3.47. The fourth-order valence-electron chi connectivity index (χ4n) is 3.47. The molecule has 1 aliphatic rings. The first-order valence-corrected chi connectivity index (χ1v) is 9.90. The number of carbonyl (C=O) groups excluding carboxylic acids is 2. The lowest BCUT2D eigenvalue weighted by Gasteiger charge is -2.39. The maximum absolute atomic E-state index is 13.2. The van der Waals surface area contributed by atoms with Crippen molar-refractivity contribution in [3.05, 3.63) is 89.5 Å². The maximum Gasteiger partial charge on any atom is 0.271 e. The number of nitrogens with one attached hydrogen (secondary N) is 1. The van der Waals surface area contributed by atoms with Crippen LogP contribution in [0.15, 0.2) is 72.8 Å². The molecule has 30 heavy (non-hydrogen) atoms. The zero-order valence-electron chi connectivity index (χ0n) is 17.3. The van der Waals surface area contributed by atoms with Gasteiger partial charge in [0.25, 0.3) is 11.8 Å². The molecule has 4 rings (SSSR count). The molecular weight excluding hydrogens is 376 g/mol. The van der Waals surface area contributed by atoms with E-state index in [1.807, 2.05) is 61.5 Å². The highest BCUT2D eigenvalue weighted by Crippen LogP contribution is 2.39. The molecule has 1 aliphatic heterocycles. The van der Waals surface area contributed by atoms with Crippen molar-refractivity contribution in [3.63, 3.8) is 0 Å². The number of nitrogens with zero attached hydrogens (tertiary/aromatic N) is 1. The van der Waals surface area contributed by atoms with Crippen LogP contribution in [-0.4, -0.2) is 17.4 Å². The van der Waals surface area contributed by atoms with E-state index in [2.05, 4.69) is 5.32 Å². The monoisotopic (exact) mass is 400 g/mol. The van der Waals surface area contributed by atoms with Crippen LogP contribution < -0.4 is 15.0 Å². The van der Waals surface area contributed by atoms with E-state index in [-0.39, 0.29) is 11.8 Å². The maximum atomic E-state index is 13.2. The van der Waals surface area contributed by atoms with Crippen LogP contribution in [0.5, 0.6) is 5.75 Å². The first kappa shape index (κ1) is 19.7. The molecule has 0 unspecified atom stereocenters. The molecule has 3 aromatic rings. The average molecular weight is 400 g/mol. The smallest absolute Gasteiger partial charge is 0.271 e. The summed E-state index contributed by atoms with van der Waals surface area (Å²) in [6.07, 6.45) is 0. The number of anilines is 2. The van der Waals surface area contributed by atoms with Crippen LogP contribution >= 0.6 is 0 Å². The second kappa shape index (κ2) is 7.67. The van der Waals surface area contributed by atoms with Crippen molar-refractivity contribution in [1.29, 1.82) is 0 Å². The Labute approximate surface area is 176 Å². The van der Waals surface area contributed by atoms with Crippen molar-refractivity contribution in [1.82, 2.24) is 0 Å². The van der Waals surface area contributed by atoms with Gasteiger partial charge in [0.1, 0.15) is 5.75 Å². The molecule has 0 spiro atoms. The topological polar surface area (TPSA) is 58.6 Å². The SMILES string of the molecule is Cc1ccc(CN2C(=O)C(C)(C)Oc3ccc(C(=O)Nc4ccccc4)cc32)cc1. The molecule has 1 heterocycles. The predicted octanol–water partition coefficient (Wildman–Crippen LogP) is 4.95. The molecule has 0 bridgehead atoms. The summed E-state index contributed by atoms with van der Waals surface area (Å²) in [5.74, 6) is 0.204. The third-order valence-electron chi connectivity index (χ3n) is 5.13. The van der Waals surface area contributed by atoms with Crippen LogP contribution in [0.2, 0.25) is 0 Å². The van der Waals surface area contributed by atoms with Crippen LogP contribution in [0.3, 0.4) is 0 Å². The first-order chi connectivity index (χ1) is 14.3. The third kappa shape index (κ3) is 3.92. The van der Waals surface area contributed by atoms with Gasteiger partial charge in [-0.2, -0.15) is 0 Å². The number of para-hydroxylation sites is 1.